The first-order chi connectivity index (χ1) is 7.78. The average Bonchev–Trinajstić information content (AvgIpc) is 2.78. The molecule has 0 aliphatic heterocycles. The third-order valence-electron chi connectivity index (χ3n) is 1.87. The molecule has 2 aromatic heterocycles. The lowest BCUT2D eigenvalue weighted by Gasteiger charge is -2.02. The third-order valence-corrected chi connectivity index (χ3v) is 1.87. The van der Waals surface area contributed by atoms with Crippen LogP contribution in [-0.4, -0.2) is 9.97 Å². The van der Waals surface area contributed by atoms with Crippen LogP contribution in [0.2, 0.25) is 0 Å². The van der Waals surface area contributed by atoms with E-state index in [4.69, 9.17) is 14.4 Å². The second kappa shape index (κ2) is 4.45. The van der Waals surface area contributed by atoms with Crippen LogP contribution in [0.25, 0.3) is 0 Å². The van der Waals surface area contributed by atoms with Crippen LogP contribution >= 0.6 is 0 Å². The molecule has 16 heavy (non-hydrogen) atoms. The van der Waals surface area contributed by atoms with Crippen LogP contribution in [0.5, 0.6) is 6.01 Å². The number of hydrogen-bond acceptors (Lipinski definition) is 5. The molecule has 0 saturated carbocycles. The second-order valence-corrected chi connectivity index (χ2v) is 3.16. The Kier molecular flexibility index (Phi) is 2.83. The molecule has 80 valence electrons. The van der Waals surface area contributed by atoms with E-state index in [1.54, 1.807) is 31.4 Å². The number of nitriles is 1. The van der Waals surface area contributed by atoms with Gasteiger partial charge in [0.1, 0.15) is 24.1 Å². The molecule has 2 heterocycles. The van der Waals surface area contributed by atoms with Crippen LogP contribution in [0.15, 0.2) is 28.9 Å². The highest BCUT2D eigenvalue weighted by atomic mass is 16.5. The van der Waals surface area contributed by atoms with Crippen molar-refractivity contribution < 1.29 is 9.15 Å². The monoisotopic (exact) mass is 215 g/mol. The molecule has 0 bridgehead atoms. The molecule has 0 saturated heterocycles. The van der Waals surface area contributed by atoms with Crippen LogP contribution in [-0.2, 0) is 6.61 Å². The summed E-state index contributed by atoms with van der Waals surface area (Å²) in [6, 6.07) is 7.30. The Labute approximate surface area is 92.3 Å². The Balaban J connectivity index is 2.10. The second-order valence-electron chi connectivity index (χ2n) is 3.16. The fourth-order valence-corrected chi connectivity index (χ4v) is 1.19. The van der Waals surface area contributed by atoms with Gasteiger partial charge in [-0.25, -0.2) is 4.98 Å². The van der Waals surface area contributed by atoms with Gasteiger partial charge < -0.3 is 9.15 Å². The van der Waals surface area contributed by atoms with Gasteiger partial charge in [-0.2, -0.15) is 10.2 Å². The summed E-state index contributed by atoms with van der Waals surface area (Å²) in [6.07, 6.45) is 1.57. The standard InChI is InChI=1S/C11H9N3O2/c1-8-5-9(6-12)14-11(13-8)16-7-10-3-2-4-15-10/h2-5H,7H2,1H3. The van der Waals surface area contributed by atoms with Gasteiger partial charge >= 0.3 is 6.01 Å². The SMILES string of the molecule is Cc1cc(C#N)nc(OCc2ccco2)n1. The van der Waals surface area contributed by atoms with E-state index in [1.165, 1.54) is 0 Å². The highest BCUT2D eigenvalue weighted by Gasteiger charge is 2.04. The van der Waals surface area contributed by atoms with E-state index in [-0.39, 0.29) is 12.6 Å². The number of furan rings is 1. The first kappa shape index (κ1) is 10.2. The number of nitrogens with zero attached hydrogens (tertiary/aromatic N) is 3. The molecule has 0 fully saturated rings. The van der Waals surface area contributed by atoms with Gasteiger partial charge in [-0.05, 0) is 25.1 Å². The molecule has 0 N–H and O–H groups in total. The summed E-state index contributed by atoms with van der Waals surface area (Å²) in [7, 11) is 0. The molecule has 0 spiro atoms. The fraction of sp³-hybridized carbons (Fsp3) is 0.182. The zero-order valence-corrected chi connectivity index (χ0v) is 8.67. The molecular formula is C11H9N3O2. The van der Waals surface area contributed by atoms with Crippen molar-refractivity contribution in [3.63, 3.8) is 0 Å². The summed E-state index contributed by atoms with van der Waals surface area (Å²) in [5.41, 5.74) is 0.989. The molecule has 0 amide bonds. The van der Waals surface area contributed by atoms with Gasteiger partial charge in [0, 0.05) is 5.69 Å². The Bertz CT molecular complexity index is 515. The van der Waals surface area contributed by atoms with E-state index in [2.05, 4.69) is 9.97 Å². The number of ether oxygens (including phenoxy) is 1. The molecule has 5 heteroatoms. The summed E-state index contributed by atoms with van der Waals surface area (Å²) in [4.78, 5) is 7.97. The van der Waals surface area contributed by atoms with Gasteiger partial charge in [0.2, 0.25) is 0 Å². The lowest BCUT2D eigenvalue weighted by Crippen LogP contribution is -2.01. The molecule has 0 atom stereocenters. The lowest BCUT2D eigenvalue weighted by molar-refractivity contribution is 0.249. The van der Waals surface area contributed by atoms with E-state index in [9.17, 15) is 0 Å². The van der Waals surface area contributed by atoms with Crippen molar-refractivity contribution in [3.8, 4) is 12.1 Å². The van der Waals surface area contributed by atoms with E-state index in [0.717, 1.165) is 0 Å². The van der Waals surface area contributed by atoms with Crippen molar-refractivity contribution in [2.24, 2.45) is 0 Å². The van der Waals surface area contributed by atoms with E-state index < -0.39 is 0 Å². The van der Waals surface area contributed by atoms with Crippen molar-refractivity contribution in [1.82, 2.24) is 9.97 Å². The van der Waals surface area contributed by atoms with Gasteiger partial charge in [0.25, 0.3) is 0 Å². The van der Waals surface area contributed by atoms with Crippen LogP contribution in [0.4, 0.5) is 0 Å². The van der Waals surface area contributed by atoms with E-state index in [0.29, 0.717) is 17.1 Å². The Hall–Kier alpha value is -2.35. The van der Waals surface area contributed by atoms with E-state index >= 15 is 0 Å². The average molecular weight is 215 g/mol. The molecular weight excluding hydrogens is 206 g/mol. The summed E-state index contributed by atoms with van der Waals surface area (Å²) in [6.45, 7) is 2.03. The van der Waals surface area contributed by atoms with E-state index in [1.807, 2.05) is 6.07 Å². The van der Waals surface area contributed by atoms with Gasteiger partial charge in [-0.15, -0.1) is 0 Å². The summed E-state index contributed by atoms with van der Waals surface area (Å²) in [5.74, 6) is 0.684. The maximum absolute atomic E-state index is 8.72. The summed E-state index contributed by atoms with van der Waals surface area (Å²) in [5, 5.41) is 8.72. The third kappa shape index (κ3) is 2.36. The molecule has 2 aromatic rings. The van der Waals surface area contributed by atoms with Crippen molar-refractivity contribution in [1.29, 1.82) is 5.26 Å². The van der Waals surface area contributed by atoms with Crippen LogP contribution in [0.1, 0.15) is 17.1 Å². The fourth-order valence-electron chi connectivity index (χ4n) is 1.19. The zero-order valence-electron chi connectivity index (χ0n) is 8.67. The van der Waals surface area contributed by atoms with Crippen molar-refractivity contribution >= 4 is 0 Å². The smallest absolute Gasteiger partial charge is 0.318 e. The minimum atomic E-state index is 0.188. The Morgan fingerprint density at radius 1 is 1.50 bits per heavy atom. The Morgan fingerprint density at radius 2 is 2.38 bits per heavy atom. The zero-order chi connectivity index (χ0) is 11.4. The minimum Gasteiger partial charge on any atom is -0.466 e. The van der Waals surface area contributed by atoms with Crippen molar-refractivity contribution in [2.45, 2.75) is 13.5 Å². The molecule has 0 aromatic carbocycles. The molecule has 0 aliphatic carbocycles. The lowest BCUT2D eigenvalue weighted by atomic mass is 10.3. The van der Waals surface area contributed by atoms with Crippen LogP contribution in [0.3, 0.4) is 0 Å². The van der Waals surface area contributed by atoms with Crippen LogP contribution < -0.4 is 4.74 Å². The molecule has 2 rings (SSSR count). The summed E-state index contributed by atoms with van der Waals surface area (Å²) < 4.78 is 10.4. The number of rotatable bonds is 3. The first-order valence-corrected chi connectivity index (χ1v) is 4.69. The number of aryl methyl sites for hydroxylation is 1. The molecule has 0 unspecified atom stereocenters. The largest absolute Gasteiger partial charge is 0.466 e. The normalized spacial score (nSPS) is 9.75. The topological polar surface area (TPSA) is 71.9 Å². The van der Waals surface area contributed by atoms with Crippen molar-refractivity contribution in [3.05, 3.63) is 41.6 Å². The molecule has 5 nitrogen and oxygen atoms in total. The quantitative estimate of drug-likeness (QED) is 0.780. The van der Waals surface area contributed by atoms with Gasteiger partial charge in [-0.1, -0.05) is 0 Å². The molecule has 0 radical (unpaired) electrons. The van der Waals surface area contributed by atoms with Gasteiger partial charge in [0.15, 0.2) is 0 Å². The number of aromatic nitrogens is 2. The predicted molar refractivity (Wildman–Crippen MR) is 54.5 cm³/mol. The summed E-state index contributed by atoms with van der Waals surface area (Å²) >= 11 is 0. The van der Waals surface area contributed by atoms with Gasteiger partial charge in [0.05, 0.1) is 6.26 Å². The van der Waals surface area contributed by atoms with Gasteiger partial charge in [-0.3, -0.25) is 0 Å². The maximum atomic E-state index is 8.72. The molecule has 0 aliphatic rings. The highest BCUT2D eigenvalue weighted by molar-refractivity contribution is 5.23. The van der Waals surface area contributed by atoms with Crippen LogP contribution in [0, 0.1) is 18.3 Å². The van der Waals surface area contributed by atoms with Crippen molar-refractivity contribution in [2.75, 3.05) is 0 Å². The Morgan fingerprint density at radius 3 is 3.06 bits per heavy atom. The maximum Gasteiger partial charge on any atom is 0.318 e. The number of hydrogen-bond donors (Lipinski definition) is 0. The highest BCUT2D eigenvalue weighted by Crippen LogP contribution is 2.09. The first-order valence-electron chi connectivity index (χ1n) is 4.69. The minimum absolute atomic E-state index is 0.188. The predicted octanol–water partition coefficient (Wildman–Crippen LogP) is 1.83.